The summed E-state index contributed by atoms with van der Waals surface area (Å²) in [6, 6.07) is 6.76. The normalized spacial score (nSPS) is 11.9. The van der Waals surface area contributed by atoms with Gasteiger partial charge >= 0.3 is 0 Å². The van der Waals surface area contributed by atoms with E-state index in [1.165, 1.54) is 18.3 Å². The highest BCUT2D eigenvalue weighted by Gasteiger charge is 2.11. The Hall–Kier alpha value is -2.37. The summed E-state index contributed by atoms with van der Waals surface area (Å²) in [6.07, 6.45) is 1.31. The Balaban J connectivity index is 2.84. The second-order valence-electron chi connectivity index (χ2n) is 4.44. The topological polar surface area (TPSA) is 119 Å². The standard InChI is InChI=1S/C13H15N3O4S/c1-9(2)15-8-10(7-14)13(17)16-11-3-5-12(6-4-11)21(18,19)20/h3-6,8-9,15H,1-2H3,(H,16,17)(H,18,19,20)/b10-8-. The third kappa shape index (κ3) is 5.25. The summed E-state index contributed by atoms with van der Waals surface area (Å²) in [5, 5.41) is 14.2. The Morgan fingerprint density at radius 2 is 1.90 bits per heavy atom. The number of carbonyl (C=O) groups is 1. The van der Waals surface area contributed by atoms with Crippen LogP contribution in [0.1, 0.15) is 13.8 Å². The van der Waals surface area contributed by atoms with Gasteiger partial charge in [-0.1, -0.05) is 0 Å². The van der Waals surface area contributed by atoms with E-state index in [1.54, 1.807) is 6.07 Å². The zero-order valence-electron chi connectivity index (χ0n) is 11.5. The van der Waals surface area contributed by atoms with Crippen LogP contribution in [-0.4, -0.2) is 24.9 Å². The van der Waals surface area contributed by atoms with Crippen LogP contribution in [0.4, 0.5) is 5.69 Å². The zero-order chi connectivity index (χ0) is 16.0. The maximum Gasteiger partial charge on any atom is 0.294 e. The van der Waals surface area contributed by atoms with Crippen LogP contribution in [-0.2, 0) is 14.9 Å². The summed E-state index contributed by atoms with van der Waals surface area (Å²) in [4.78, 5) is 11.5. The maximum absolute atomic E-state index is 11.8. The number of nitriles is 1. The molecule has 1 amide bonds. The third-order valence-corrected chi connectivity index (χ3v) is 3.20. The Morgan fingerprint density at radius 3 is 2.33 bits per heavy atom. The molecule has 1 aromatic carbocycles. The van der Waals surface area contributed by atoms with Crippen molar-refractivity contribution in [3.63, 3.8) is 0 Å². The van der Waals surface area contributed by atoms with Gasteiger partial charge in [-0.2, -0.15) is 13.7 Å². The van der Waals surface area contributed by atoms with Crippen molar-refractivity contribution in [3.8, 4) is 6.07 Å². The second kappa shape index (κ2) is 6.88. The van der Waals surface area contributed by atoms with Crippen LogP contribution in [0, 0.1) is 11.3 Å². The van der Waals surface area contributed by atoms with Crippen LogP contribution >= 0.6 is 0 Å². The lowest BCUT2D eigenvalue weighted by Crippen LogP contribution is -2.20. The van der Waals surface area contributed by atoms with E-state index in [9.17, 15) is 13.2 Å². The lowest BCUT2D eigenvalue weighted by Gasteiger charge is -2.07. The van der Waals surface area contributed by atoms with Crippen molar-refractivity contribution < 1.29 is 17.8 Å². The zero-order valence-corrected chi connectivity index (χ0v) is 12.3. The van der Waals surface area contributed by atoms with Crippen LogP contribution in [0.25, 0.3) is 0 Å². The first-order valence-corrected chi connectivity index (χ1v) is 7.43. The quantitative estimate of drug-likeness (QED) is 0.428. The molecule has 1 aromatic rings. The molecule has 112 valence electrons. The monoisotopic (exact) mass is 309 g/mol. The lowest BCUT2D eigenvalue weighted by molar-refractivity contribution is -0.112. The lowest BCUT2D eigenvalue weighted by atomic mass is 10.2. The van der Waals surface area contributed by atoms with Gasteiger partial charge in [0, 0.05) is 17.9 Å². The number of amides is 1. The van der Waals surface area contributed by atoms with Gasteiger partial charge < -0.3 is 10.6 Å². The molecule has 0 aliphatic carbocycles. The summed E-state index contributed by atoms with van der Waals surface area (Å²) in [6.45, 7) is 3.72. The van der Waals surface area contributed by atoms with Crippen molar-refractivity contribution in [2.24, 2.45) is 0 Å². The highest BCUT2D eigenvalue weighted by molar-refractivity contribution is 7.85. The number of hydrogen-bond acceptors (Lipinski definition) is 5. The number of anilines is 1. The summed E-state index contributed by atoms with van der Waals surface area (Å²) >= 11 is 0. The number of nitrogens with zero attached hydrogens (tertiary/aromatic N) is 1. The van der Waals surface area contributed by atoms with E-state index in [-0.39, 0.29) is 16.5 Å². The van der Waals surface area contributed by atoms with Gasteiger partial charge in [0.25, 0.3) is 16.0 Å². The molecule has 0 atom stereocenters. The molecule has 21 heavy (non-hydrogen) atoms. The molecule has 3 N–H and O–H groups in total. The van der Waals surface area contributed by atoms with E-state index >= 15 is 0 Å². The Bertz CT molecular complexity index is 685. The molecule has 0 radical (unpaired) electrons. The van der Waals surface area contributed by atoms with Crippen molar-refractivity contribution in [2.75, 3.05) is 5.32 Å². The molecule has 0 aromatic heterocycles. The predicted octanol–water partition coefficient (Wildman–Crippen LogP) is 1.28. The number of benzene rings is 1. The van der Waals surface area contributed by atoms with Crippen molar-refractivity contribution in [2.45, 2.75) is 24.8 Å². The van der Waals surface area contributed by atoms with Crippen LogP contribution < -0.4 is 10.6 Å². The second-order valence-corrected chi connectivity index (χ2v) is 5.87. The molecule has 0 spiro atoms. The van der Waals surface area contributed by atoms with E-state index in [1.807, 2.05) is 13.8 Å². The smallest absolute Gasteiger partial charge is 0.294 e. The maximum atomic E-state index is 11.8. The van der Waals surface area contributed by atoms with Crippen molar-refractivity contribution in [1.29, 1.82) is 5.26 Å². The minimum atomic E-state index is -4.27. The van der Waals surface area contributed by atoms with Crippen molar-refractivity contribution >= 4 is 21.7 Å². The van der Waals surface area contributed by atoms with E-state index in [4.69, 9.17) is 9.81 Å². The average molecular weight is 309 g/mol. The molecule has 0 saturated heterocycles. The average Bonchev–Trinajstić information content (AvgIpc) is 2.38. The van der Waals surface area contributed by atoms with Gasteiger partial charge in [0.05, 0.1) is 4.90 Å². The SMILES string of the molecule is CC(C)N/C=C(/C#N)C(=O)Nc1ccc(S(=O)(=O)O)cc1. The number of hydrogen-bond donors (Lipinski definition) is 3. The van der Waals surface area contributed by atoms with E-state index in [2.05, 4.69) is 10.6 Å². The minimum Gasteiger partial charge on any atom is -0.387 e. The molecule has 1 rings (SSSR count). The molecule has 0 aliphatic heterocycles. The van der Waals surface area contributed by atoms with Gasteiger partial charge in [0.2, 0.25) is 0 Å². The number of nitrogens with one attached hydrogen (secondary N) is 2. The summed E-state index contributed by atoms with van der Waals surface area (Å²) < 4.78 is 30.6. The molecule has 0 unspecified atom stereocenters. The molecule has 0 bridgehead atoms. The highest BCUT2D eigenvalue weighted by atomic mass is 32.2. The molecule has 0 saturated carbocycles. The molecular formula is C13H15N3O4S. The van der Waals surface area contributed by atoms with Gasteiger partial charge in [0.15, 0.2) is 0 Å². The number of rotatable bonds is 5. The van der Waals surface area contributed by atoms with Crippen molar-refractivity contribution in [3.05, 3.63) is 36.0 Å². The van der Waals surface area contributed by atoms with E-state index in [0.29, 0.717) is 5.69 Å². The first-order chi connectivity index (χ1) is 9.74. The van der Waals surface area contributed by atoms with Gasteiger partial charge in [-0.25, -0.2) is 0 Å². The van der Waals surface area contributed by atoms with Crippen molar-refractivity contribution in [1.82, 2.24) is 5.32 Å². The summed E-state index contributed by atoms with van der Waals surface area (Å²) in [7, 11) is -4.27. The number of carbonyl (C=O) groups excluding carboxylic acids is 1. The Morgan fingerprint density at radius 1 is 1.33 bits per heavy atom. The minimum absolute atomic E-state index is 0.0789. The van der Waals surface area contributed by atoms with Crippen LogP contribution in [0.5, 0.6) is 0 Å². The van der Waals surface area contributed by atoms with Gasteiger partial charge in [0.1, 0.15) is 11.6 Å². The van der Waals surface area contributed by atoms with Gasteiger partial charge in [-0.05, 0) is 38.1 Å². The molecule has 0 fully saturated rings. The van der Waals surface area contributed by atoms with Crippen LogP contribution in [0.15, 0.2) is 40.9 Å². The first-order valence-electron chi connectivity index (χ1n) is 5.99. The fraction of sp³-hybridized carbons (Fsp3) is 0.231. The molecule has 0 heterocycles. The molecule has 8 heteroatoms. The Labute approximate surface area is 123 Å². The fourth-order valence-electron chi connectivity index (χ4n) is 1.31. The Kier molecular flexibility index (Phi) is 5.46. The largest absolute Gasteiger partial charge is 0.387 e. The summed E-state index contributed by atoms with van der Waals surface area (Å²) in [5.74, 6) is -0.620. The predicted molar refractivity (Wildman–Crippen MR) is 76.9 cm³/mol. The van der Waals surface area contributed by atoms with Crippen LogP contribution in [0.3, 0.4) is 0 Å². The fourth-order valence-corrected chi connectivity index (χ4v) is 1.79. The molecule has 7 nitrogen and oxygen atoms in total. The van der Waals surface area contributed by atoms with E-state index < -0.39 is 16.0 Å². The first kappa shape index (κ1) is 16.7. The van der Waals surface area contributed by atoms with Crippen LogP contribution in [0.2, 0.25) is 0 Å². The van der Waals surface area contributed by atoms with Gasteiger partial charge in [-0.15, -0.1) is 0 Å². The van der Waals surface area contributed by atoms with E-state index in [0.717, 1.165) is 12.1 Å². The van der Waals surface area contributed by atoms with Gasteiger partial charge in [-0.3, -0.25) is 9.35 Å². The third-order valence-electron chi connectivity index (χ3n) is 2.34. The molecular weight excluding hydrogens is 294 g/mol. The summed E-state index contributed by atoms with van der Waals surface area (Å²) in [5.41, 5.74) is 0.195. The highest BCUT2D eigenvalue weighted by Crippen LogP contribution is 2.14. The molecule has 0 aliphatic rings.